The molecule has 2 N–H and O–H groups in total. The van der Waals surface area contributed by atoms with E-state index in [2.05, 4.69) is 20.5 Å². The number of hydrogen-bond acceptors (Lipinski definition) is 4. The van der Waals surface area contributed by atoms with Gasteiger partial charge in [-0.25, -0.2) is 4.98 Å². The molecule has 5 nitrogen and oxygen atoms in total. The van der Waals surface area contributed by atoms with Gasteiger partial charge in [-0.15, -0.1) is 5.10 Å². The standard InChI is InChI=1S/C18H17ClN4OS/c1-11-3-6-13(7-4-11)17-21-18(23-22-17)25-10-16(24)20-14-8-5-12(2)15(19)9-14/h3-9H,10H2,1-2H3,(H,20,24)(H,21,22,23). The maximum absolute atomic E-state index is 12.1. The molecule has 0 bridgehead atoms. The van der Waals surface area contributed by atoms with Gasteiger partial charge < -0.3 is 5.32 Å². The highest BCUT2D eigenvalue weighted by molar-refractivity contribution is 7.99. The number of anilines is 1. The van der Waals surface area contributed by atoms with Gasteiger partial charge in [0, 0.05) is 16.3 Å². The lowest BCUT2D eigenvalue weighted by Gasteiger charge is -2.05. The molecule has 3 aromatic rings. The van der Waals surface area contributed by atoms with E-state index >= 15 is 0 Å². The summed E-state index contributed by atoms with van der Waals surface area (Å²) in [6.45, 7) is 3.95. The van der Waals surface area contributed by atoms with Gasteiger partial charge in [0.15, 0.2) is 5.82 Å². The van der Waals surface area contributed by atoms with Crippen molar-refractivity contribution in [2.24, 2.45) is 0 Å². The largest absolute Gasteiger partial charge is 0.325 e. The van der Waals surface area contributed by atoms with Crippen LogP contribution in [0.1, 0.15) is 11.1 Å². The third kappa shape index (κ3) is 4.61. The summed E-state index contributed by atoms with van der Waals surface area (Å²) in [6.07, 6.45) is 0. The number of rotatable bonds is 5. The van der Waals surface area contributed by atoms with Gasteiger partial charge in [-0.3, -0.25) is 9.89 Å². The summed E-state index contributed by atoms with van der Waals surface area (Å²) in [4.78, 5) is 16.5. The molecule has 25 heavy (non-hydrogen) atoms. The summed E-state index contributed by atoms with van der Waals surface area (Å²) in [5.74, 6) is 0.774. The highest BCUT2D eigenvalue weighted by Crippen LogP contribution is 2.22. The first-order valence-electron chi connectivity index (χ1n) is 7.69. The van der Waals surface area contributed by atoms with Crippen LogP contribution in [0.2, 0.25) is 5.02 Å². The minimum absolute atomic E-state index is 0.133. The topological polar surface area (TPSA) is 70.7 Å². The van der Waals surface area contributed by atoms with Crippen molar-refractivity contribution in [2.45, 2.75) is 19.0 Å². The van der Waals surface area contributed by atoms with Crippen molar-refractivity contribution < 1.29 is 4.79 Å². The quantitative estimate of drug-likeness (QED) is 0.648. The van der Waals surface area contributed by atoms with Crippen LogP contribution in [0.4, 0.5) is 5.69 Å². The first-order valence-corrected chi connectivity index (χ1v) is 9.06. The molecule has 0 unspecified atom stereocenters. The summed E-state index contributed by atoms with van der Waals surface area (Å²) in [5, 5.41) is 11.0. The number of aryl methyl sites for hydroxylation is 2. The van der Waals surface area contributed by atoms with Crippen molar-refractivity contribution in [3.8, 4) is 11.4 Å². The van der Waals surface area contributed by atoms with E-state index in [1.165, 1.54) is 17.3 Å². The number of aromatic nitrogens is 3. The maximum atomic E-state index is 12.1. The Morgan fingerprint density at radius 1 is 1.20 bits per heavy atom. The van der Waals surface area contributed by atoms with Crippen molar-refractivity contribution in [2.75, 3.05) is 11.1 Å². The second kappa shape index (κ2) is 7.72. The molecule has 0 saturated heterocycles. The average Bonchev–Trinajstić information content (AvgIpc) is 3.06. The Hall–Kier alpha value is -2.31. The monoisotopic (exact) mass is 372 g/mol. The number of thioether (sulfide) groups is 1. The fourth-order valence-electron chi connectivity index (χ4n) is 2.15. The van der Waals surface area contributed by atoms with Gasteiger partial charge in [-0.1, -0.05) is 59.3 Å². The molecule has 128 valence electrons. The number of H-pyrrole nitrogens is 1. The van der Waals surface area contributed by atoms with Crippen molar-refractivity contribution >= 4 is 35.0 Å². The average molecular weight is 373 g/mol. The Morgan fingerprint density at radius 2 is 1.96 bits per heavy atom. The van der Waals surface area contributed by atoms with Crippen LogP contribution in [-0.4, -0.2) is 26.8 Å². The van der Waals surface area contributed by atoms with Gasteiger partial charge in [0.05, 0.1) is 5.75 Å². The van der Waals surface area contributed by atoms with Crippen LogP contribution >= 0.6 is 23.4 Å². The Labute approximate surface area is 155 Å². The first kappa shape index (κ1) is 17.5. The molecule has 7 heteroatoms. The van der Waals surface area contributed by atoms with Crippen LogP contribution in [0.25, 0.3) is 11.4 Å². The lowest BCUT2D eigenvalue weighted by Crippen LogP contribution is -2.14. The molecule has 0 fully saturated rings. The van der Waals surface area contributed by atoms with E-state index in [4.69, 9.17) is 11.6 Å². The van der Waals surface area contributed by atoms with Gasteiger partial charge in [0.2, 0.25) is 11.1 Å². The number of hydrogen-bond donors (Lipinski definition) is 2. The smallest absolute Gasteiger partial charge is 0.234 e. The van der Waals surface area contributed by atoms with Crippen molar-refractivity contribution in [3.63, 3.8) is 0 Å². The predicted molar refractivity (Wildman–Crippen MR) is 102 cm³/mol. The summed E-state index contributed by atoms with van der Waals surface area (Å²) >= 11 is 7.34. The molecule has 1 heterocycles. The highest BCUT2D eigenvalue weighted by atomic mass is 35.5. The second-order valence-corrected chi connectivity index (χ2v) is 6.98. The number of halogens is 1. The molecule has 1 amide bonds. The molecule has 0 aliphatic heterocycles. The summed E-state index contributed by atoms with van der Waals surface area (Å²) in [7, 11) is 0. The van der Waals surface area contributed by atoms with E-state index in [0.717, 1.165) is 11.1 Å². The SMILES string of the molecule is Cc1ccc(-c2nc(SCC(=O)Nc3ccc(C)c(Cl)c3)n[nH]2)cc1. The minimum atomic E-state index is -0.133. The number of benzene rings is 2. The fraction of sp³-hybridized carbons (Fsp3) is 0.167. The zero-order valence-electron chi connectivity index (χ0n) is 13.8. The van der Waals surface area contributed by atoms with Crippen molar-refractivity contribution in [3.05, 3.63) is 58.6 Å². The minimum Gasteiger partial charge on any atom is -0.325 e. The number of amides is 1. The molecular formula is C18H17ClN4OS. The van der Waals surface area contributed by atoms with Crippen molar-refractivity contribution in [1.82, 2.24) is 15.2 Å². The number of nitrogens with zero attached hydrogens (tertiary/aromatic N) is 2. The molecule has 0 radical (unpaired) electrons. The van der Waals surface area contributed by atoms with E-state index in [9.17, 15) is 4.79 Å². The van der Waals surface area contributed by atoms with Gasteiger partial charge >= 0.3 is 0 Å². The van der Waals surface area contributed by atoms with E-state index in [-0.39, 0.29) is 11.7 Å². The molecule has 2 aromatic carbocycles. The maximum Gasteiger partial charge on any atom is 0.234 e. The van der Waals surface area contributed by atoms with Crippen molar-refractivity contribution in [1.29, 1.82) is 0 Å². The van der Waals surface area contributed by atoms with Crippen LogP contribution in [0, 0.1) is 13.8 Å². The Bertz CT molecular complexity index is 892. The number of carbonyl (C=O) groups excluding carboxylic acids is 1. The van der Waals surface area contributed by atoms with Gasteiger partial charge in [-0.05, 0) is 31.5 Å². The molecule has 0 atom stereocenters. The van der Waals surface area contributed by atoms with Gasteiger partial charge in [0.1, 0.15) is 0 Å². The third-order valence-corrected chi connectivity index (χ3v) is 4.83. The van der Waals surface area contributed by atoms with Crippen LogP contribution in [0.15, 0.2) is 47.6 Å². The van der Waals surface area contributed by atoms with Crippen LogP contribution in [0.3, 0.4) is 0 Å². The molecule has 0 aliphatic carbocycles. The van der Waals surface area contributed by atoms with E-state index in [1.54, 1.807) is 6.07 Å². The highest BCUT2D eigenvalue weighted by Gasteiger charge is 2.09. The lowest BCUT2D eigenvalue weighted by molar-refractivity contribution is -0.113. The van der Waals surface area contributed by atoms with E-state index < -0.39 is 0 Å². The number of carbonyl (C=O) groups is 1. The predicted octanol–water partition coefficient (Wildman–Crippen LogP) is 4.47. The molecule has 0 aliphatic rings. The molecule has 0 saturated carbocycles. The Balaban J connectivity index is 1.57. The first-order chi connectivity index (χ1) is 12.0. The molecular weight excluding hydrogens is 356 g/mol. The summed E-state index contributed by atoms with van der Waals surface area (Å²) < 4.78 is 0. The second-order valence-electron chi connectivity index (χ2n) is 5.63. The van der Waals surface area contributed by atoms with Gasteiger partial charge in [0.25, 0.3) is 0 Å². The van der Waals surface area contributed by atoms with Crippen LogP contribution in [0.5, 0.6) is 0 Å². The Morgan fingerprint density at radius 3 is 2.68 bits per heavy atom. The molecule has 3 rings (SSSR count). The lowest BCUT2D eigenvalue weighted by atomic mass is 10.1. The normalized spacial score (nSPS) is 10.7. The molecule has 0 spiro atoms. The van der Waals surface area contributed by atoms with E-state index in [0.29, 0.717) is 21.7 Å². The van der Waals surface area contributed by atoms with E-state index in [1.807, 2.05) is 50.2 Å². The summed E-state index contributed by atoms with van der Waals surface area (Å²) in [6, 6.07) is 13.4. The van der Waals surface area contributed by atoms with Gasteiger partial charge in [-0.2, -0.15) is 0 Å². The molecule has 1 aromatic heterocycles. The Kier molecular flexibility index (Phi) is 5.40. The number of nitrogens with one attached hydrogen (secondary N) is 2. The third-order valence-electron chi connectivity index (χ3n) is 3.58. The number of aromatic amines is 1. The van der Waals surface area contributed by atoms with Crippen LogP contribution in [-0.2, 0) is 4.79 Å². The zero-order chi connectivity index (χ0) is 17.8. The zero-order valence-corrected chi connectivity index (χ0v) is 15.4. The fourth-order valence-corrected chi connectivity index (χ4v) is 2.93. The summed E-state index contributed by atoms with van der Waals surface area (Å²) in [5.41, 5.74) is 3.80. The van der Waals surface area contributed by atoms with Crippen LogP contribution < -0.4 is 5.32 Å².